The third kappa shape index (κ3) is 3.21. The van der Waals surface area contributed by atoms with Crippen LogP contribution < -0.4 is 10.6 Å². The first-order valence-electron chi connectivity index (χ1n) is 5.45. The molecule has 7 heteroatoms. The first-order valence-corrected chi connectivity index (χ1v) is 5.45. The molecule has 0 amide bonds. The van der Waals surface area contributed by atoms with Crippen molar-refractivity contribution in [1.29, 1.82) is 0 Å². The molecule has 2 N–H and O–H groups in total. The van der Waals surface area contributed by atoms with Crippen molar-refractivity contribution in [1.82, 2.24) is 9.97 Å². The summed E-state index contributed by atoms with van der Waals surface area (Å²) in [6, 6.07) is 1.75. The lowest BCUT2D eigenvalue weighted by Crippen LogP contribution is -2.15. The number of alkyl halides is 3. The van der Waals surface area contributed by atoms with Gasteiger partial charge in [0.15, 0.2) is 0 Å². The number of rotatable bonds is 4. The van der Waals surface area contributed by atoms with E-state index < -0.39 is 12.0 Å². The van der Waals surface area contributed by atoms with E-state index in [-0.39, 0.29) is 17.7 Å². The third-order valence-electron chi connectivity index (χ3n) is 2.27. The van der Waals surface area contributed by atoms with Crippen molar-refractivity contribution in [2.24, 2.45) is 0 Å². The molecule has 0 bridgehead atoms. The first kappa shape index (κ1) is 11.9. The van der Waals surface area contributed by atoms with Crippen LogP contribution in [-0.4, -0.2) is 22.6 Å². The molecule has 4 nitrogen and oxygen atoms in total. The Morgan fingerprint density at radius 2 is 1.94 bits per heavy atom. The van der Waals surface area contributed by atoms with Crippen LogP contribution in [0.15, 0.2) is 6.07 Å². The van der Waals surface area contributed by atoms with Gasteiger partial charge in [-0.15, -0.1) is 0 Å². The molecule has 94 valence electrons. The van der Waals surface area contributed by atoms with Gasteiger partial charge in [0.1, 0.15) is 11.6 Å². The largest absolute Gasteiger partial charge is 0.451 e. The van der Waals surface area contributed by atoms with Gasteiger partial charge in [0.25, 0.3) is 0 Å². The summed E-state index contributed by atoms with van der Waals surface area (Å²) in [5.74, 6) is -0.692. The lowest BCUT2D eigenvalue weighted by Gasteiger charge is -2.11. The lowest BCUT2D eigenvalue weighted by molar-refractivity contribution is -0.144. The summed E-state index contributed by atoms with van der Waals surface area (Å²) in [4.78, 5) is 6.91. The molecule has 0 unspecified atom stereocenters. The summed E-state index contributed by atoms with van der Waals surface area (Å²) in [7, 11) is 0. The Labute approximate surface area is 96.7 Å². The minimum Gasteiger partial charge on any atom is -0.370 e. The van der Waals surface area contributed by atoms with Gasteiger partial charge in [0.05, 0.1) is 0 Å². The summed E-state index contributed by atoms with van der Waals surface area (Å²) in [6.45, 7) is 2.31. The number of nitrogens with zero attached hydrogens (tertiary/aromatic N) is 2. The van der Waals surface area contributed by atoms with E-state index in [4.69, 9.17) is 0 Å². The van der Waals surface area contributed by atoms with Gasteiger partial charge < -0.3 is 10.6 Å². The van der Waals surface area contributed by atoms with Crippen molar-refractivity contribution in [3.8, 4) is 0 Å². The smallest absolute Gasteiger partial charge is 0.370 e. The minimum absolute atomic E-state index is 0.193. The average molecular weight is 246 g/mol. The SMILES string of the molecule is CCNc1cc(NC2CC2)nc(C(F)(F)F)n1. The van der Waals surface area contributed by atoms with E-state index in [1.165, 1.54) is 6.07 Å². The third-order valence-corrected chi connectivity index (χ3v) is 2.27. The van der Waals surface area contributed by atoms with Gasteiger partial charge in [-0.25, -0.2) is 9.97 Å². The van der Waals surface area contributed by atoms with Crippen molar-refractivity contribution >= 4 is 11.6 Å². The monoisotopic (exact) mass is 246 g/mol. The molecule has 0 spiro atoms. The van der Waals surface area contributed by atoms with Gasteiger partial charge in [-0.2, -0.15) is 13.2 Å². The number of anilines is 2. The molecule has 1 aliphatic rings. The van der Waals surface area contributed by atoms with E-state index in [0.717, 1.165) is 12.8 Å². The average Bonchev–Trinajstić information content (AvgIpc) is 3.00. The maximum absolute atomic E-state index is 12.6. The molecule has 1 aromatic rings. The van der Waals surface area contributed by atoms with Crippen LogP contribution in [0.2, 0.25) is 0 Å². The van der Waals surface area contributed by atoms with Crippen LogP contribution in [-0.2, 0) is 6.18 Å². The molecule has 1 heterocycles. The van der Waals surface area contributed by atoms with Crippen molar-refractivity contribution in [2.45, 2.75) is 32.0 Å². The zero-order chi connectivity index (χ0) is 12.5. The molecule has 2 rings (SSSR count). The van der Waals surface area contributed by atoms with Crippen molar-refractivity contribution in [2.75, 3.05) is 17.2 Å². The fraction of sp³-hybridized carbons (Fsp3) is 0.600. The minimum atomic E-state index is -4.52. The predicted octanol–water partition coefficient (Wildman–Crippen LogP) is 2.50. The Kier molecular flexibility index (Phi) is 3.08. The summed E-state index contributed by atoms with van der Waals surface area (Å²) < 4.78 is 37.7. The van der Waals surface area contributed by atoms with Gasteiger partial charge in [-0.1, -0.05) is 0 Å². The fourth-order valence-electron chi connectivity index (χ4n) is 1.36. The standard InChI is InChI=1S/C10H13F3N4/c1-2-14-7-5-8(15-6-3-4-6)17-9(16-7)10(11,12)13/h5-6H,2-4H2,1H3,(H2,14,15,16,17). The Bertz CT molecular complexity index is 401. The van der Waals surface area contributed by atoms with E-state index in [2.05, 4.69) is 20.6 Å². The van der Waals surface area contributed by atoms with Gasteiger partial charge in [-0.3, -0.25) is 0 Å². The summed E-state index contributed by atoms with van der Waals surface area (Å²) in [5.41, 5.74) is 0. The molecule has 0 aromatic carbocycles. The highest BCUT2D eigenvalue weighted by Gasteiger charge is 2.35. The molecule has 0 radical (unpaired) electrons. The molecular weight excluding hydrogens is 233 g/mol. The highest BCUT2D eigenvalue weighted by atomic mass is 19.4. The molecular formula is C10H13F3N4. The van der Waals surface area contributed by atoms with Gasteiger partial charge in [0.2, 0.25) is 5.82 Å². The van der Waals surface area contributed by atoms with Gasteiger partial charge in [-0.05, 0) is 19.8 Å². The second-order valence-electron chi connectivity index (χ2n) is 3.91. The molecule has 0 aliphatic heterocycles. The first-order chi connectivity index (χ1) is 7.99. The summed E-state index contributed by atoms with van der Waals surface area (Å²) in [6.07, 6.45) is -2.57. The van der Waals surface area contributed by atoms with Crippen molar-refractivity contribution < 1.29 is 13.2 Å². The predicted molar refractivity (Wildman–Crippen MR) is 57.8 cm³/mol. The van der Waals surface area contributed by atoms with Crippen LogP contribution in [0.25, 0.3) is 0 Å². The van der Waals surface area contributed by atoms with Crippen LogP contribution in [0.5, 0.6) is 0 Å². The van der Waals surface area contributed by atoms with E-state index in [1.54, 1.807) is 6.92 Å². The number of halogens is 3. The van der Waals surface area contributed by atoms with E-state index in [0.29, 0.717) is 6.54 Å². The Morgan fingerprint density at radius 1 is 1.29 bits per heavy atom. The van der Waals surface area contributed by atoms with Gasteiger partial charge in [0, 0.05) is 18.7 Å². The second kappa shape index (κ2) is 4.38. The molecule has 0 saturated heterocycles. The van der Waals surface area contributed by atoms with Crippen LogP contribution in [0.1, 0.15) is 25.6 Å². The second-order valence-corrected chi connectivity index (χ2v) is 3.91. The zero-order valence-electron chi connectivity index (χ0n) is 9.30. The van der Waals surface area contributed by atoms with Gasteiger partial charge >= 0.3 is 6.18 Å². The molecule has 1 aromatic heterocycles. The normalized spacial score (nSPS) is 15.8. The topological polar surface area (TPSA) is 49.8 Å². The molecule has 1 saturated carbocycles. The van der Waals surface area contributed by atoms with E-state index in [9.17, 15) is 13.2 Å². The zero-order valence-corrected chi connectivity index (χ0v) is 9.30. The maximum atomic E-state index is 12.6. The molecule has 1 fully saturated rings. The lowest BCUT2D eigenvalue weighted by atomic mass is 10.4. The van der Waals surface area contributed by atoms with Crippen molar-refractivity contribution in [3.05, 3.63) is 11.9 Å². The van der Waals surface area contributed by atoms with Crippen LogP contribution in [0, 0.1) is 0 Å². The quantitative estimate of drug-likeness (QED) is 0.857. The Morgan fingerprint density at radius 3 is 2.47 bits per heavy atom. The van der Waals surface area contributed by atoms with Crippen LogP contribution >= 0.6 is 0 Å². The van der Waals surface area contributed by atoms with Crippen molar-refractivity contribution in [3.63, 3.8) is 0 Å². The highest BCUT2D eigenvalue weighted by Crippen LogP contribution is 2.30. The molecule has 17 heavy (non-hydrogen) atoms. The van der Waals surface area contributed by atoms with E-state index in [1.807, 2.05) is 0 Å². The number of hydrogen-bond acceptors (Lipinski definition) is 4. The summed E-state index contributed by atoms with van der Waals surface area (Å²) in [5, 5.41) is 5.70. The maximum Gasteiger partial charge on any atom is 0.451 e. The molecule has 0 atom stereocenters. The Balaban J connectivity index is 2.27. The summed E-state index contributed by atoms with van der Waals surface area (Å²) >= 11 is 0. The number of aromatic nitrogens is 2. The highest BCUT2D eigenvalue weighted by molar-refractivity contribution is 5.48. The number of hydrogen-bond donors (Lipinski definition) is 2. The van der Waals surface area contributed by atoms with E-state index >= 15 is 0 Å². The molecule has 1 aliphatic carbocycles. The van der Waals surface area contributed by atoms with Crippen LogP contribution in [0.4, 0.5) is 24.8 Å². The fourth-order valence-corrected chi connectivity index (χ4v) is 1.36. The Hall–Kier alpha value is -1.53. The number of nitrogens with one attached hydrogen (secondary N) is 2. The van der Waals surface area contributed by atoms with Crippen LogP contribution in [0.3, 0.4) is 0 Å².